The first-order valence-electron chi connectivity index (χ1n) is 9.85. The SMILES string of the molecule is NC(=O)c1nsc2cccc(-c3cc4c(c5c3C(c3cc(F)ccc3Cl)NC5=O)OCO4)c12. The van der Waals surface area contributed by atoms with E-state index >= 15 is 0 Å². The van der Waals surface area contributed by atoms with Crippen molar-refractivity contribution in [1.29, 1.82) is 0 Å². The van der Waals surface area contributed by atoms with Gasteiger partial charge in [-0.05, 0) is 53.0 Å². The molecule has 3 N–H and O–H groups in total. The highest BCUT2D eigenvalue weighted by atomic mass is 35.5. The van der Waals surface area contributed by atoms with E-state index in [0.29, 0.717) is 44.2 Å². The van der Waals surface area contributed by atoms with E-state index in [0.717, 1.165) is 16.2 Å². The third-order valence-corrected chi connectivity index (χ3v) is 6.94. The fourth-order valence-corrected chi connectivity index (χ4v) is 5.47. The van der Waals surface area contributed by atoms with Gasteiger partial charge in [-0.15, -0.1) is 0 Å². The summed E-state index contributed by atoms with van der Waals surface area (Å²) < 4.78 is 30.3. The van der Waals surface area contributed by atoms with Crippen LogP contribution in [0, 0.1) is 5.82 Å². The van der Waals surface area contributed by atoms with E-state index in [-0.39, 0.29) is 18.1 Å². The molecule has 6 rings (SSSR count). The normalized spacial score (nSPS) is 16.2. The number of halogens is 2. The van der Waals surface area contributed by atoms with E-state index in [2.05, 4.69) is 9.69 Å². The average molecular weight is 482 g/mol. The molecule has 2 aliphatic heterocycles. The zero-order valence-corrected chi connectivity index (χ0v) is 18.2. The summed E-state index contributed by atoms with van der Waals surface area (Å²) in [6.07, 6.45) is 0. The summed E-state index contributed by atoms with van der Waals surface area (Å²) in [6.45, 7) is -0.0410. The molecule has 164 valence electrons. The van der Waals surface area contributed by atoms with Crippen LogP contribution in [0.2, 0.25) is 5.02 Å². The number of amides is 2. The van der Waals surface area contributed by atoms with Crippen LogP contribution in [0.1, 0.15) is 38.0 Å². The van der Waals surface area contributed by atoms with Gasteiger partial charge in [0, 0.05) is 21.5 Å². The second-order valence-corrected chi connectivity index (χ2v) is 8.81. The molecule has 7 nitrogen and oxygen atoms in total. The second-order valence-electron chi connectivity index (χ2n) is 7.59. The minimum Gasteiger partial charge on any atom is -0.454 e. The molecule has 4 aromatic rings. The maximum atomic E-state index is 14.2. The minimum absolute atomic E-state index is 0.0410. The molecule has 3 aromatic carbocycles. The number of rotatable bonds is 3. The lowest BCUT2D eigenvalue weighted by Gasteiger charge is -2.19. The summed E-state index contributed by atoms with van der Waals surface area (Å²) in [6, 6.07) is 10.5. The topological polar surface area (TPSA) is 104 Å². The Bertz CT molecular complexity index is 1520. The molecule has 0 radical (unpaired) electrons. The maximum Gasteiger partial charge on any atom is 0.269 e. The third-order valence-electron chi connectivity index (χ3n) is 5.79. The zero-order valence-electron chi connectivity index (χ0n) is 16.6. The molecule has 10 heteroatoms. The Balaban J connectivity index is 1.71. The van der Waals surface area contributed by atoms with Crippen LogP contribution < -0.4 is 20.5 Å². The predicted octanol–water partition coefficient (Wildman–Crippen LogP) is 4.42. The third kappa shape index (κ3) is 2.89. The molecule has 2 aliphatic rings. The van der Waals surface area contributed by atoms with Gasteiger partial charge in [0.05, 0.1) is 16.3 Å². The van der Waals surface area contributed by atoms with Gasteiger partial charge in [0.2, 0.25) is 6.79 Å². The fraction of sp³-hybridized carbons (Fsp3) is 0.0870. The van der Waals surface area contributed by atoms with Gasteiger partial charge in [-0.2, -0.15) is 4.37 Å². The molecule has 0 bridgehead atoms. The number of benzene rings is 3. The van der Waals surface area contributed by atoms with Gasteiger partial charge in [-0.25, -0.2) is 4.39 Å². The number of nitrogens with zero attached hydrogens (tertiary/aromatic N) is 1. The van der Waals surface area contributed by atoms with Crippen molar-refractivity contribution in [1.82, 2.24) is 9.69 Å². The number of nitrogens with one attached hydrogen (secondary N) is 1. The number of primary amides is 1. The number of hydrogen-bond acceptors (Lipinski definition) is 6. The lowest BCUT2D eigenvalue weighted by molar-refractivity contribution is 0.0954. The van der Waals surface area contributed by atoms with Gasteiger partial charge in [0.15, 0.2) is 11.5 Å². The quantitative estimate of drug-likeness (QED) is 0.451. The van der Waals surface area contributed by atoms with Gasteiger partial charge < -0.3 is 20.5 Å². The van der Waals surface area contributed by atoms with Crippen LogP contribution in [0.3, 0.4) is 0 Å². The average Bonchev–Trinajstić information content (AvgIpc) is 3.51. The standard InChI is InChI=1S/C23H13ClFN3O4S/c24-13-5-4-9(25)6-12(13)19-17-11(7-14-21(32-8-31-14)18(17)23(30)27-19)10-2-1-3-15-16(10)20(22(26)29)28-33-15/h1-7,19H,8H2,(H2,26,29)(H,27,30). The number of hydrogen-bond donors (Lipinski definition) is 2. The molecular weight excluding hydrogens is 469 g/mol. The lowest BCUT2D eigenvalue weighted by atomic mass is 9.87. The van der Waals surface area contributed by atoms with E-state index in [1.54, 1.807) is 6.07 Å². The summed E-state index contributed by atoms with van der Waals surface area (Å²) in [5, 5.41) is 3.76. The van der Waals surface area contributed by atoms with Crippen LogP contribution in [0.15, 0.2) is 42.5 Å². The van der Waals surface area contributed by atoms with Crippen LogP contribution in [0.5, 0.6) is 11.5 Å². The van der Waals surface area contributed by atoms with Crippen molar-refractivity contribution in [3.63, 3.8) is 0 Å². The Morgan fingerprint density at radius 2 is 2.06 bits per heavy atom. The monoisotopic (exact) mass is 481 g/mol. The first kappa shape index (κ1) is 20.0. The Labute approximate surface area is 195 Å². The van der Waals surface area contributed by atoms with E-state index in [4.69, 9.17) is 26.8 Å². The van der Waals surface area contributed by atoms with Crippen molar-refractivity contribution in [2.24, 2.45) is 5.73 Å². The van der Waals surface area contributed by atoms with Gasteiger partial charge >= 0.3 is 0 Å². The molecule has 33 heavy (non-hydrogen) atoms. The molecule has 1 unspecified atom stereocenters. The number of carbonyl (C=O) groups excluding carboxylic acids is 2. The Morgan fingerprint density at radius 1 is 1.21 bits per heavy atom. The maximum absolute atomic E-state index is 14.2. The highest BCUT2D eigenvalue weighted by molar-refractivity contribution is 7.13. The summed E-state index contributed by atoms with van der Waals surface area (Å²) in [5.41, 5.74) is 8.19. The van der Waals surface area contributed by atoms with Crippen molar-refractivity contribution in [3.05, 3.63) is 75.7 Å². The number of carbonyl (C=O) groups is 2. The molecule has 3 heterocycles. The van der Waals surface area contributed by atoms with Crippen LogP contribution in [-0.2, 0) is 0 Å². The predicted molar refractivity (Wildman–Crippen MR) is 120 cm³/mol. The summed E-state index contributed by atoms with van der Waals surface area (Å²) in [7, 11) is 0. The molecule has 1 atom stereocenters. The lowest BCUT2D eigenvalue weighted by Crippen LogP contribution is -2.20. The largest absolute Gasteiger partial charge is 0.454 e. The van der Waals surface area contributed by atoms with Crippen molar-refractivity contribution in [2.45, 2.75) is 6.04 Å². The first-order chi connectivity index (χ1) is 15.9. The minimum atomic E-state index is -0.751. The van der Waals surface area contributed by atoms with Crippen molar-refractivity contribution in [3.8, 4) is 22.6 Å². The van der Waals surface area contributed by atoms with Crippen LogP contribution in [0.25, 0.3) is 21.2 Å². The summed E-state index contributed by atoms with van der Waals surface area (Å²) in [4.78, 5) is 25.2. The first-order valence-corrected chi connectivity index (χ1v) is 11.0. The van der Waals surface area contributed by atoms with E-state index in [9.17, 15) is 14.0 Å². The molecule has 1 aromatic heterocycles. The van der Waals surface area contributed by atoms with Crippen LogP contribution in [-0.4, -0.2) is 23.0 Å². The van der Waals surface area contributed by atoms with Crippen molar-refractivity contribution in [2.75, 3.05) is 6.79 Å². The number of fused-ring (bicyclic) bond motifs is 4. The summed E-state index contributed by atoms with van der Waals surface area (Å²) >= 11 is 7.56. The molecular formula is C23H13ClFN3O4S. The number of nitrogens with two attached hydrogens (primary N) is 1. The Kier molecular flexibility index (Phi) is 4.33. The number of ether oxygens (including phenoxy) is 2. The van der Waals surface area contributed by atoms with E-state index < -0.39 is 23.7 Å². The second kappa shape index (κ2) is 7.16. The molecule has 0 spiro atoms. The molecule has 0 saturated heterocycles. The highest BCUT2D eigenvalue weighted by Crippen LogP contribution is 2.51. The zero-order chi connectivity index (χ0) is 22.9. The van der Waals surface area contributed by atoms with Gasteiger partial charge in [0.1, 0.15) is 11.5 Å². The van der Waals surface area contributed by atoms with E-state index in [1.165, 1.54) is 18.2 Å². The molecule has 0 fully saturated rings. The smallest absolute Gasteiger partial charge is 0.269 e. The molecule has 2 amide bonds. The Hall–Kier alpha value is -3.69. The fourth-order valence-electron chi connectivity index (χ4n) is 4.43. The molecule has 0 saturated carbocycles. The summed E-state index contributed by atoms with van der Waals surface area (Å²) in [5.74, 6) is -0.841. The van der Waals surface area contributed by atoms with Crippen molar-refractivity contribution < 1.29 is 23.5 Å². The highest BCUT2D eigenvalue weighted by Gasteiger charge is 2.40. The van der Waals surface area contributed by atoms with Crippen molar-refractivity contribution >= 4 is 45.0 Å². The van der Waals surface area contributed by atoms with E-state index in [1.807, 2.05) is 18.2 Å². The Morgan fingerprint density at radius 3 is 2.88 bits per heavy atom. The van der Waals surface area contributed by atoms with Crippen LogP contribution in [0.4, 0.5) is 4.39 Å². The molecule has 0 aliphatic carbocycles. The number of aromatic nitrogens is 1. The van der Waals surface area contributed by atoms with Gasteiger partial charge in [-0.1, -0.05) is 23.7 Å². The van der Waals surface area contributed by atoms with Gasteiger partial charge in [0.25, 0.3) is 11.8 Å². The van der Waals surface area contributed by atoms with Gasteiger partial charge in [-0.3, -0.25) is 9.59 Å². The van der Waals surface area contributed by atoms with Crippen LogP contribution >= 0.6 is 23.1 Å².